The Bertz CT molecular complexity index is 1320. The fraction of sp³-hybridized carbons (Fsp3) is 0.0435. The van der Waals surface area contributed by atoms with E-state index in [9.17, 15) is 32.9 Å². The van der Waals surface area contributed by atoms with E-state index in [0.29, 0.717) is 17.8 Å². The van der Waals surface area contributed by atoms with E-state index >= 15 is 0 Å². The highest BCUT2D eigenvalue weighted by Crippen LogP contribution is 2.39. The summed E-state index contributed by atoms with van der Waals surface area (Å²) in [5.74, 6) is -1.75. The molecule has 1 saturated heterocycles. The number of nitro benzene ring substituents is 1. The predicted molar refractivity (Wildman–Crippen MR) is 115 cm³/mol. The Morgan fingerprint density at radius 3 is 2.29 bits per heavy atom. The highest BCUT2D eigenvalue weighted by atomic mass is 19.4. The summed E-state index contributed by atoms with van der Waals surface area (Å²) in [4.78, 5) is 35.6. The lowest BCUT2D eigenvalue weighted by Gasteiger charge is -2.14. The van der Waals surface area contributed by atoms with Gasteiger partial charge in [0.2, 0.25) is 5.75 Å². The van der Waals surface area contributed by atoms with Crippen molar-refractivity contribution in [3.8, 4) is 11.5 Å². The number of rotatable bonds is 5. The van der Waals surface area contributed by atoms with Crippen LogP contribution in [0.25, 0.3) is 6.08 Å². The lowest BCUT2D eigenvalue weighted by Crippen LogP contribution is -2.35. The lowest BCUT2D eigenvalue weighted by atomic mass is 10.1. The van der Waals surface area contributed by atoms with Gasteiger partial charge in [0.15, 0.2) is 0 Å². The van der Waals surface area contributed by atoms with E-state index in [2.05, 4.69) is 5.43 Å². The fourth-order valence-corrected chi connectivity index (χ4v) is 3.21. The molecule has 3 aromatic rings. The van der Waals surface area contributed by atoms with Crippen molar-refractivity contribution in [1.29, 1.82) is 0 Å². The van der Waals surface area contributed by atoms with Gasteiger partial charge in [-0.3, -0.25) is 25.1 Å². The average Bonchev–Trinajstić information content (AvgIpc) is 3.08. The molecule has 34 heavy (non-hydrogen) atoms. The molecule has 1 fully saturated rings. The summed E-state index contributed by atoms with van der Waals surface area (Å²) in [6.45, 7) is 0. The van der Waals surface area contributed by atoms with Crippen LogP contribution in [0, 0.1) is 10.1 Å². The number of hydrogen-bond acceptors (Lipinski definition) is 5. The molecule has 1 N–H and O–H groups in total. The Kier molecular flexibility index (Phi) is 5.76. The molecule has 0 spiro atoms. The van der Waals surface area contributed by atoms with Gasteiger partial charge in [-0.1, -0.05) is 36.4 Å². The summed E-state index contributed by atoms with van der Waals surface area (Å²) in [6.07, 6.45) is -3.53. The number of alkyl halides is 3. The molecule has 11 heteroatoms. The Morgan fingerprint density at radius 2 is 1.62 bits per heavy atom. The maximum absolute atomic E-state index is 13.0. The van der Waals surface area contributed by atoms with Crippen LogP contribution in [0.1, 0.15) is 11.1 Å². The minimum Gasteiger partial charge on any atom is -0.449 e. The topological polar surface area (TPSA) is 102 Å². The highest BCUT2D eigenvalue weighted by molar-refractivity contribution is 6.31. The van der Waals surface area contributed by atoms with Crippen LogP contribution >= 0.6 is 0 Å². The standard InChI is InChI=1S/C23H14F3N3O5/c24-23(25,26)15-10-11-20(18(13-15)29(32)33)34-19-9-5-4-6-14(19)12-17-21(30)27-28(22(17)31)16-7-2-1-3-8-16/h1-13H,(H,27,30)/b17-12+. The van der Waals surface area contributed by atoms with Gasteiger partial charge in [-0.05, 0) is 36.4 Å². The van der Waals surface area contributed by atoms with Gasteiger partial charge in [0.1, 0.15) is 11.3 Å². The maximum atomic E-state index is 13.0. The number of carbonyl (C=O) groups is 2. The molecule has 0 saturated carbocycles. The third kappa shape index (κ3) is 4.44. The zero-order chi connectivity index (χ0) is 24.5. The van der Waals surface area contributed by atoms with E-state index < -0.39 is 39.9 Å². The number of hydrogen-bond donors (Lipinski definition) is 1. The molecule has 0 bridgehead atoms. The SMILES string of the molecule is O=C1NN(c2ccccc2)C(=O)/C1=C/c1ccccc1Oc1ccc(C(F)(F)F)cc1[N+](=O)[O-]. The normalized spacial score (nSPS) is 14.9. The molecule has 0 unspecified atom stereocenters. The number of nitrogens with zero attached hydrogens (tertiary/aromatic N) is 2. The van der Waals surface area contributed by atoms with Crippen LogP contribution in [-0.4, -0.2) is 16.7 Å². The van der Waals surface area contributed by atoms with E-state index in [1.165, 1.54) is 24.3 Å². The predicted octanol–water partition coefficient (Wildman–Crippen LogP) is 4.87. The van der Waals surface area contributed by atoms with E-state index in [0.717, 1.165) is 11.1 Å². The Hall–Kier alpha value is -4.67. The van der Waals surface area contributed by atoms with Crippen molar-refractivity contribution in [3.63, 3.8) is 0 Å². The van der Waals surface area contributed by atoms with Crippen molar-refractivity contribution in [2.45, 2.75) is 6.18 Å². The summed E-state index contributed by atoms with van der Waals surface area (Å²) < 4.78 is 44.4. The Balaban J connectivity index is 1.69. The monoisotopic (exact) mass is 469 g/mol. The van der Waals surface area contributed by atoms with Gasteiger partial charge < -0.3 is 4.74 Å². The number of anilines is 1. The van der Waals surface area contributed by atoms with Crippen molar-refractivity contribution in [1.82, 2.24) is 5.43 Å². The summed E-state index contributed by atoms with van der Waals surface area (Å²) in [5, 5.41) is 12.4. The maximum Gasteiger partial charge on any atom is 0.416 e. The van der Waals surface area contributed by atoms with Crippen molar-refractivity contribution < 1.29 is 32.4 Å². The largest absolute Gasteiger partial charge is 0.449 e. The minimum atomic E-state index is -4.77. The molecular weight excluding hydrogens is 455 g/mol. The first-order chi connectivity index (χ1) is 16.1. The first-order valence-electron chi connectivity index (χ1n) is 9.70. The molecule has 2 amide bonds. The second-order valence-corrected chi connectivity index (χ2v) is 7.05. The van der Waals surface area contributed by atoms with Crippen molar-refractivity contribution in [2.24, 2.45) is 0 Å². The van der Waals surface area contributed by atoms with Crippen LogP contribution in [-0.2, 0) is 15.8 Å². The molecule has 1 heterocycles. The van der Waals surface area contributed by atoms with Crippen LogP contribution in [0.15, 0.2) is 78.4 Å². The van der Waals surface area contributed by atoms with Gasteiger partial charge in [-0.15, -0.1) is 0 Å². The number of hydrazine groups is 1. The number of nitrogens with one attached hydrogen (secondary N) is 1. The number of benzene rings is 3. The van der Waals surface area contributed by atoms with Crippen molar-refractivity contribution in [2.75, 3.05) is 5.01 Å². The minimum absolute atomic E-state index is 0.00313. The van der Waals surface area contributed by atoms with Crippen LogP contribution in [0.2, 0.25) is 0 Å². The molecular formula is C23H14F3N3O5. The molecule has 1 aliphatic rings. The lowest BCUT2D eigenvalue weighted by molar-refractivity contribution is -0.385. The number of para-hydroxylation sites is 2. The Labute approximate surface area is 190 Å². The smallest absolute Gasteiger partial charge is 0.416 e. The molecule has 172 valence electrons. The third-order valence-corrected chi connectivity index (χ3v) is 4.83. The fourth-order valence-electron chi connectivity index (χ4n) is 3.21. The van der Waals surface area contributed by atoms with Crippen LogP contribution < -0.4 is 15.2 Å². The van der Waals surface area contributed by atoms with Crippen molar-refractivity contribution >= 4 is 29.3 Å². The highest BCUT2D eigenvalue weighted by Gasteiger charge is 2.35. The van der Waals surface area contributed by atoms with E-state index in [-0.39, 0.29) is 16.9 Å². The average molecular weight is 469 g/mol. The van der Waals surface area contributed by atoms with Crippen LogP contribution in [0.5, 0.6) is 11.5 Å². The van der Waals surface area contributed by atoms with Gasteiger partial charge in [-0.25, -0.2) is 5.01 Å². The van der Waals surface area contributed by atoms with Gasteiger partial charge in [-0.2, -0.15) is 13.2 Å². The summed E-state index contributed by atoms with van der Waals surface area (Å²) >= 11 is 0. The number of halogens is 3. The zero-order valence-corrected chi connectivity index (χ0v) is 17.1. The second kappa shape index (κ2) is 8.70. The summed E-state index contributed by atoms with van der Waals surface area (Å²) in [6, 6.07) is 16.3. The number of amides is 2. The van der Waals surface area contributed by atoms with Crippen LogP contribution in [0.3, 0.4) is 0 Å². The molecule has 0 atom stereocenters. The summed E-state index contributed by atoms with van der Waals surface area (Å²) in [7, 11) is 0. The van der Waals surface area contributed by atoms with Gasteiger partial charge >= 0.3 is 11.9 Å². The van der Waals surface area contributed by atoms with Crippen molar-refractivity contribution in [3.05, 3.63) is 99.6 Å². The van der Waals surface area contributed by atoms with Gasteiger partial charge in [0.05, 0.1) is 16.2 Å². The number of nitro groups is 1. The van der Waals surface area contributed by atoms with E-state index in [4.69, 9.17) is 4.74 Å². The molecule has 0 aliphatic carbocycles. The Morgan fingerprint density at radius 1 is 0.941 bits per heavy atom. The molecule has 8 nitrogen and oxygen atoms in total. The van der Waals surface area contributed by atoms with E-state index in [1.807, 2.05) is 0 Å². The molecule has 4 rings (SSSR count). The zero-order valence-electron chi connectivity index (χ0n) is 17.1. The quantitative estimate of drug-likeness (QED) is 0.249. The van der Waals surface area contributed by atoms with Gasteiger partial charge in [0, 0.05) is 11.6 Å². The second-order valence-electron chi connectivity index (χ2n) is 7.05. The molecule has 0 aromatic heterocycles. The van der Waals surface area contributed by atoms with E-state index in [1.54, 1.807) is 36.4 Å². The molecule has 1 aliphatic heterocycles. The van der Waals surface area contributed by atoms with Gasteiger partial charge in [0.25, 0.3) is 11.8 Å². The number of ether oxygens (including phenoxy) is 1. The third-order valence-electron chi connectivity index (χ3n) is 4.83. The first kappa shape index (κ1) is 22.5. The van der Waals surface area contributed by atoms with Crippen LogP contribution in [0.4, 0.5) is 24.5 Å². The number of carbonyl (C=O) groups excluding carboxylic acids is 2. The first-order valence-corrected chi connectivity index (χ1v) is 9.70. The summed E-state index contributed by atoms with van der Waals surface area (Å²) in [5.41, 5.74) is 0.790. The molecule has 0 radical (unpaired) electrons. The molecule has 3 aromatic carbocycles.